The lowest BCUT2D eigenvalue weighted by atomic mass is 9.88. The van der Waals surface area contributed by atoms with Crippen LogP contribution < -0.4 is 4.74 Å². The first-order valence-electron chi connectivity index (χ1n) is 13.6. The summed E-state index contributed by atoms with van der Waals surface area (Å²) < 4.78 is 87.4. The molecule has 3 unspecified atom stereocenters. The predicted molar refractivity (Wildman–Crippen MR) is 145 cm³/mol. The van der Waals surface area contributed by atoms with Crippen molar-refractivity contribution in [3.63, 3.8) is 0 Å². The van der Waals surface area contributed by atoms with Gasteiger partial charge in [0.05, 0.1) is 17.7 Å². The van der Waals surface area contributed by atoms with Crippen molar-refractivity contribution in [3.8, 4) is 17.0 Å². The quantitative estimate of drug-likeness (QED) is 0.353. The van der Waals surface area contributed by atoms with Crippen LogP contribution in [0.2, 0.25) is 0 Å². The van der Waals surface area contributed by atoms with Gasteiger partial charge in [-0.1, -0.05) is 24.3 Å². The lowest BCUT2D eigenvalue weighted by Crippen LogP contribution is -2.37. The van der Waals surface area contributed by atoms with Gasteiger partial charge in [-0.2, -0.15) is 13.2 Å². The zero-order valence-electron chi connectivity index (χ0n) is 22.6. The number of alkyl halides is 3. The van der Waals surface area contributed by atoms with Crippen molar-refractivity contribution in [1.82, 2.24) is 9.29 Å². The summed E-state index contributed by atoms with van der Waals surface area (Å²) in [6.45, 7) is 0.423. The molecule has 1 aliphatic heterocycles. The van der Waals surface area contributed by atoms with E-state index in [0.29, 0.717) is 38.4 Å². The molecule has 3 aliphatic rings. The second-order valence-corrected chi connectivity index (χ2v) is 13.3. The van der Waals surface area contributed by atoms with Gasteiger partial charge >= 0.3 is 12.1 Å². The number of hydrogen-bond donors (Lipinski definition) is 1. The summed E-state index contributed by atoms with van der Waals surface area (Å²) in [5, 5.41) is 9.29. The van der Waals surface area contributed by atoms with E-state index in [9.17, 15) is 35.9 Å². The number of carboxylic acids is 1. The molecule has 12 heteroatoms. The molecule has 222 valence electrons. The van der Waals surface area contributed by atoms with E-state index < -0.39 is 39.5 Å². The highest BCUT2D eigenvalue weighted by molar-refractivity contribution is 7.88. The normalized spacial score (nSPS) is 22.5. The first kappa shape index (κ1) is 28.6. The van der Waals surface area contributed by atoms with E-state index in [1.54, 1.807) is 36.5 Å². The summed E-state index contributed by atoms with van der Waals surface area (Å²) in [5.41, 5.74) is 1.62. The molecule has 2 fully saturated rings. The Hall–Kier alpha value is -3.51. The smallest absolute Gasteiger partial charge is 0.417 e. The van der Waals surface area contributed by atoms with Gasteiger partial charge in [0.2, 0.25) is 15.9 Å². The Morgan fingerprint density at radius 1 is 1.12 bits per heavy atom. The number of ether oxygens (including phenoxy) is 1. The fraction of sp³-hybridized carbons (Fsp3) is 0.400. The van der Waals surface area contributed by atoms with Crippen molar-refractivity contribution in [1.29, 1.82) is 0 Å². The number of carboxylic acid groups (broad SMARTS) is 1. The van der Waals surface area contributed by atoms with Gasteiger partial charge in [-0.25, -0.2) is 22.1 Å². The number of pyridine rings is 1. The Bertz CT molecular complexity index is 1650. The second kappa shape index (κ2) is 10.3. The van der Waals surface area contributed by atoms with Gasteiger partial charge in [0.15, 0.2) is 0 Å². The highest BCUT2D eigenvalue weighted by Crippen LogP contribution is 2.61. The van der Waals surface area contributed by atoms with Crippen LogP contribution in [-0.4, -0.2) is 48.1 Å². The Balaban J connectivity index is 1.20. The van der Waals surface area contributed by atoms with Crippen LogP contribution in [0.3, 0.4) is 0 Å². The van der Waals surface area contributed by atoms with Crippen molar-refractivity contribution in [3.05, 3.63) is 82.3 Å². The number of benzene rings is 2. The molecule has 2 heterocycles. The topological polar surface area (TPSA) is 96.8 Å². The third-order valence-corrected chi connectivity index (χ3v) is 10.1. The molecule has 7 nitrogen and oxygen atoms in total. The van der Waals surface area contributed by atoms with E-state index in [1.807, 2.05) is 0 Å². The minimum Gasteiger partial charge on any atom is -0.481 e. The highest BCUT2D eigenvalue weighted by Gasteiger charge is 2.60. The number of fused-ring (bicyclic) bond motifs is 3. The van der Waals surface area contributed by atoms with Crippen LogP contribution in [0.5, 0.6) is 5.88 Å². The second-order valence-electron chi connectivity index (χ2n) is 11.3. The van der Waals surface area contributed by atoms with Crippen LogP contribution in [0, 0.1) is 17.7 Å². The average molecular weight is 605 g/mol. The van der Waals surface area contributed by atoms with Crippen molar-refractivity contribution in [2.24, 2.45) is 11.8 Å². The van der Waals surface area contributed by atoms with E-state index in [2.05, 4.69) is 4.98 Å². The maximum atomic E-state index is 14.9. The molecular weight excluding hydrogens is 576 g/mol. The summed E-state index contributed by atoms with van der Waals surface area (Å²) in [7, 11) is -3.27. The van der Waals surface area contributed by atoms with Gasteiger partial charge in [-0.05, 0) is 71.0 Å². The molecule has 6 rings (SSSR count). The third kappa shape index (κ3) is 5.37. The molecule has 1 N–H and O–H groups in total. The van der Waals surface area contributed by atoms with E-state index in [4.69, 9.17) is 4.74 Å². The molecule has 0 bridgehead atoms. The minimum atomic E-state index is -4.79. The Kier molecular flexibility index (Phi) is 7.04. The van der Waals surface area contributed by atoms with Crippen molar-refractivity contribution >= 4 is 16.0 Å². The Morgan fingerprint density at radius 3 is 2.43 bits per heavy atom. The predicted octanol–water partition coefficient (Wildman–Crippen LogP) is 5.59. The SMILES string of the molecule is CS(=O)(=O)N1CCC(c2ccc(-c3cc(COc4cc5c(cn4)C4C(C5)C4C(=O)O)c(F)cc3C(F)(F)F)cc2)CC1. The van der Waals surface area contributed by atoms with Gasteiger partial charge in [0, 0.05) is 36.8 Å². The monoisotopic (exact) mass is 604 g/mol. The fourth-order valence-electron chi connectivity index (χ4n) is 6.49. The number of halogens is 4. The summed E-state index contributed by atoms with van der Waals surface area (Å²) >= 11 is 0. The number of carbonyl (C=O) groups is 1. The zero-order chi connectivity index (χ0) is 30.0. The molecule has 3 aromatic rings. The summed E-state index contributed by atoms with van der Waals surface area (Å²) in [5.74, 6) is -2.02. The van der Waals surface area contributed by atoms with Gasteiger partial charge in [0.25, 0.3) is 0 Å². The number of nitrogens with zero attached hydrogens (tertiary/aromatic N) is 2. The van der Waals surface area contributed by atoms with Gasteiger partial charge in [-0.3, -0.25) is 4.79 Å². The molecule has 1 aromatic heterocycles. The highest BCUT2D eigenvalue weighted by atomic mass is 32.2. The summed E-state index contributed by atoms with van der Waals surface area (Å²) in [6.07, 6.45) is -0.249. The molecule has 42 heavy (non-hydrogen) atoms. The molecule has 2 aliphatic carbocycles. The Morgan fingerprint density at radius 2 is 1.81 bits per heavy atom. The number of piperidine rings is 1. The molecule has 2 aromatic carbocycles. The van der Waals surface area contributed by atoms with Crippen LogP contribution in [0.1, 0.15) is 52.5 Å². The molecule has 0 radical (unpaired) electrons. The van der Waals surface area contributed by atoms with Gasteiger partial charge in [-0.15, -0.1) is 0 Å². The number of hydrogen-bond acceptors (Lipinski definition) is 5. The number of rotatable bonds is 7. The van der Waals surface area contributed by atoms with Crippen molar-refractivity contribution < 1.29 is 40.6 Å². The van der Waals surface area contributed by atoms with Gasteiger partial charge < -0.3 is 9.84 Å². The summed E-state index contributed by atoms with van der Waals surface area (Å²) in [6, 6.07) is 9.94. The third-order valence-electron chi connectivity index (χ3n) is 8.75. The largest absolute Gasteiger partial charge is 0.481 e. The minimum absolute atomic E-state index is 0.0381. The molecule has 1 saturated carbocycles. The van der Waals surface area contributed by atoms with Crippen LogP contribution in [0.25, 0.3) is 11.1 Å². The maximum absolute atomic E-state index is 14.9. The number of sulfonamides is 1. The van der Waals surface area contributed by atoms with E-state index in [0.717, 1.165) is 22.8 Å². The van der Waals surface area contributed by atoms with E-state index in [-0.39, 0.29) is 46.9 Å². The van der Waals surface area contributed by atoms with E-state index in [1.165, 1.54) is 10.6 Å². The zero-order valence-corrected chi connectivity index (χ0v) is 23.4. The molecule has 3 atom stereocenters. The average Bonchev–Trinajstić information content (AvgIpc) is 3.53. The maximum Gasteiger partial charge on any atom is 0.417 e. The Labute approximate surface area is 240 Å². The number of aromatic nitrogens is 1. The van der Waals surface area contributed by atoms with Crippen LogP contribution in [0.15, 0.2) is 48.7 Å². The van der Waals surface area contributed by atoms with Crippen LogP contribution in [0.4, 0.5) is 17.6 Å². The van der Waals surface area contributed by atoms with Crippen molar-refractivity contribution in [2.45, 2.75) is 43.9 Å². The van der Waals surface area contributed by atoms with Gasteiger partial charge in [0.1, 0.15) is 12.4 Å². The summed E-state index contributed by atoms with van der Waals surface area (Å²) in [4.78, 5) is 15.5. The van der Waals surface area contributed by atoms with E-state index >= 15 is 0 Å². The standard InChI is InChI=1S/C30H28F4N2O5S/c1-42(39,40)36-8-6-17(7-9-36)16-2-4-18(5-3-16)21-11-20(25(31)13-24(21)30(32,33)34)15-41-26-12-19-10-22-27(23(19)14-35-26)28(22)29(37)38/h2-5,11-14,17,22,27-28H,6-10,15H2,1H3,(H,37,38). The first-order chi connectivity index (χ1) is 19.8. The van der Waals surface area contributed by atoms with Crippen molar-refractivity contribution in [2.75, 3.05) is 19.3 Å². The lowest BCUT2D eigenvalue weighted by molar-refractivity contribution is -0.139. The molecule has 0 spiro atoms. The molecule has 0 amide bonds. The van der Waals surface area contributed by atoms with Crippen LogP contribution >= 0.6 is 0 Å². The number of aliphatic carboxylic acids is 1. The first-order valence-corrected chi connectivity index (χ1v) is 15.5. The fourth-order valence-corrected chi connectivity index (χ4v) is 7.37. The van der Waals surface area contributed by atoms with Crippen LogP contribution in [-0.2, 0) is 34.0 Å². The molecule has 1 saturated heterocycles. The molecular formula is C30H28F4N2O5S. The lowest BCUT2D eigenvalue weighted by Gasteiger charge is -2.30.